The number of sulfonamides is 1. The van der Waals surface area contributed by atoms with E-state index in [2.05, 4.69) is 20.2 Å². The Morgan fingerprint density at radius 1 is 1.04 bits per heavy atom. The molecule has 1 aromatic heterocycles. The molecule has 0 fully saturated rings. The van der Waals surface area contributed by atoms with Gasteiger partial charge in [-0.25, -0.2) is 13.1 Å². The number of anilines is 1. The molecule has 1 N–H and O–H groups in total. The molecular formula is C18H19N5O2S. The van der Waals surface area contributed by atoms with Gasteiger partial charge in [0.15, 0.2) is 5.82 Å². The van der Waals surface area contributed by atoms with E-state index in [-0.39, 0.29) is 0 Å². The Morgan fingerprint density at radius 3 is 2.62 bits per heavy atom. The summed E-state index contributed by atoms with van der Waals surface area (Å²) in [6, 6.07) is 12.5. The van der Waals surface area contributed by atoms with Gasteiger partial charge < -0.3 is 0 Å². The Balaban J connectivity index is 1.63. The van der Waals surface area contributed by atoms with Crippen LogP contribution in [0.4, 0.5) is 5.69 Å². The Bertz CT molecular complexity index is 1060. The maximum Gasteiger partial charge on any atom is 0.261 e. The molecule has 7 nitrogen and oxygen atoms in total. The Kier molecular flexibility index (Phi) is 4.20. The summed E-state index contributed by atoms with van der Waals surface area (Å²) in [6.45, 7) is 0. The Morgan fingerprint density at radius 2 is 1.85 bits per heavy atom. The third-order valence-electron chi connectivity index (χ3n) is 4.62. The predicted molar refractivity (Wildman–Crippen MR) is 98.1 cm³/mol. The van der Waals surface area contributed by atoms with Crippen LogP contribution < -0.4 is 4.72 Å². The summed E-state index contributed by atoms with van der Waals surface area (Å²) in [5, 5.41) is 11.4. The summed E-state index contributed by atoms with van der Waals surface area (Å²) in [7, 11) is -1.92. The highest BCUT2D eigenvalue weighted by atomic mass is 32.2. The topological polar surface area (TPSA) is 89.8 Å². The monoisotopic (exact) mass is 369 g/mol. The minimum absolute atomic E-state index is 0.295. The summed E-state index contributed by atoms with van der Waals surface area (Å²) in [6.07, 6.45) is 4.24. The van der Waals surface area contributed by atoms with Crippen LogP contribution in [-0.4, -0.2) is 28.6 Å². The van der Waals surface area contributed by atoms with Crippen LogP contribution in [0.15, 0.2) is 47.4 Å². The first kappa shape index (κ1) is 16.7. The highest BCUT2D eigenvalue weighted by molar-refractivity contribution is 7.92. The molecule has 0 bridgehead atoms. The van der Waals surface area contributed by atoms with E-state index in [1.807, 2.05) is 12.1 Å². The third-order valence-corrected chi connectivity index (χ3v) is 6.00. The van der Waals surface area contributed by atoms with Crippen LogP contribution in [0.2, 0.25) is 0 Å². The molecule has 4 rings (SSSR count). The first-order valence-corrected chi connectivity index (χ1v) is 9.99. The van der Waals surface area contributed by atoms with Gasteiger partial charge in [0.1, 0.15) is 0 Å². The minimum atomic E-state index is -3.65. The lowest BCUT2D eigenvalue weighted by atomic mass is 9.92. The number of benzene rings is 2. The second kappa shape index (κ2) is 6.53. The van der Waals surface area contributed by atoms with E-state index in [0.717, 1.165) is 30.4 Å². The van der Waals surface area contributed by atoms with E-state index in [4.69, 9.17) is 0 Å². The number of nitrogens with one attached hydrogen (secondary N) is 1. The fourth-order valence-corrected chi connectivity index (χ4v) is 4.39. The zero-order valence-electron chi connectivity index (χ0n) is 14.4. The number of tetrazole rings is 1. The van der Waals surface area contributed by atoms with Crippen molar-refractivity contribution in [2.24, 2.45) is 7.05 Å². The molecule has 0 unspecified atom stereocenters. The number of aryl methyl sites for hydroxylation is 3. The van der Waals surface area contributed by atoms with Gasteiger partial charge in [-0.3, -0.25) is 4.72 Å². The van der Waals surface area contributed by atoms with Gasteiger partial charge in [0, 0.05) is 18.3 Å². The zero-order valence-corrected chi connectivity index (χ0v) is 15.2. The normalized spacial score (nSPS) is 14.0. The number of hydrogen-bond donors (Lipinski definition) is 1. The van der Waals surface area contributed by atoms with Crippen molar-refractivity contribution in [3.63, 3.8) is 0 Å². The van der Waals surface area contributed by atoms with E-state index in [1.54, 1.807) is 37.4 Å². The molecule has 1 aliphatic carbocycles. The highest BCUT2D eigenvalue weighted by Crippen LogP contribution is 2.26. The second-order valence-corrected chi connectivity index (χ2v) is 8.13. The summed E-state index contributed by atoms with van der Waals surface area (Å²) in [5.41, 5.74) is 3.61. The Labute approximate surface area is 152 Å². The first-order valence-electron chi connectivity index (χ1n) is 8.50. The lowest BCUT2D eigenvalue weighted by Crippen LogP contribution is -2.14. The van der Waals surface area contributed by atoms with Crippen LogP contribution in [0.1, 0.15) is 24.0 Å². The van der Waals surface area contributed by atoms with Gasteiger partial charge in [0.25, 0.3) is 10.0 Å². The Hall–Kier alpha value is -2.74. The average Bonchev–Trinajstić information content (AvgIpc) is 3.07. The summed E-state index contributed by atoms with van der Waals surface area (Å²) in [4.78, 5) is 0.295. The van der Waals surface area contributed by atoms with Gasteiger partial charge in [-0.2, -0.15) is 0 Å². The highest BCUT2D eigenvalue weighted by Gasteiger charge is 2.18. The van der Waals surface area contributed by atoms with Gasteiger partial charge in [0.2, 0.25) is 0 Å². The molecule has 26 heavy (non-hydrogen) atoms. The number of nitrogens with zero attached hydrogens (tertiary/aromatic N) is 4. The largest absolute Gasteiger partial charge is 0.280 e. The average molecular weight is 369 g/mol. The first-order chi connectivity index (χ1) is 12.5. The molecule has 2 aromatic carbocycles. The lowest BCUT2D eigenvalue weighted by Gasteiger charge is -2.17. The molecule has 0 saturated carbocycles. The van der Waals surface area contributed by atoms with Crippen LogP contribution in [0, 0.1) is 0 Å². The van der Waals surface area contributed by atoms with Crippen molar-refractivity contribution in [2.75, 3.05) is 4.72 Å². The third kappa shape index (κ3) is 3.20. The van der Waals surface area contributed by atoms with Gasteiger partial charge in [0.05, 0.1) is 4.90 Å². The quantitative estimate of drug-likeness (QED) is 0.763. The van der Waals surface area contributed by atoms with Crippen molar-refractivity contribution >= 4 is 15.7 Å². The molecule has 0 radical (unpaired) electrons. The molecule has 8 heteroatoms. The van der Waals surface area contributed by atoms with Crippen LogP contribution in [0.5, 0.6) is 0 Å². The molecule has 0 spiro atoms. The van der Waals surface area contributed by atoms with Crippen molar-refractivity contribution in [2.45, 2.75) is 30.6 Å². The number of rotatable bonds is 4. The van der Waals surface area contributed by atoms with Crippen LogP contribution in [0.25, 0.3) is 11.4 Å². The standard InChI is InChI=1S/C18H19N5O2S/c1-23-18(19-21-22-23)15-7-4-8-16(11-15)20-26(24,25)17-10-9-13-5-2-3-6-14(13)12-17/h4,7-12,20H,2-3,5-6H2,1H3. The SMILES string of the molecule is Cn1nnnc1-c1cccc(NS(=O)(=O)c2ccc3c(c2)CCCC3)c1. The van der Waals surface area contributed by atoms with Crippen molar-refractivity contribution in [3.05, 3.63) is 53.6 Å². The summed E-state index contributed by atoms with van der Waals surface area (Å²) >= 11 is 0. The zero-order chi connectivity index (χ0) is 18.1. The van der Waals surface area contributed by atoms with Crippen molar-refractivity contribution < 1.29 is 8.42 Å². The van der Waals surface area contributed by atoms with E-state index in [1.165, 1.54) is 16.7 Å². The van der Waals surface area contributed by atoms with Gasteiger partial charge >= 0.3 is 0 Å². The van der Waals surface area contributed by atoms with Crippen LogP contribution >= 0.6 is 0 Å². The summed E-state index contributed by atoms with van der Waals surface area (Å²) < 4.78 is 29.8. The van der Waals surface area contributed by atoms with Crippen LogP contribution in [0.3, 0.4) is 0 Å². The van der Waals surface area contributed by atoms with Gasteiger partial charge in [-0.15, -0.1) is 5.10 Å². The number of hydrogen-bond acceptors (Lipinski definition) is 5. The van der Waals surface area contributed by atoms with E-state index in [0.29, 0.717) is 16.4 Å². The number of fused-ring (bicyclic) bond motifs is 1. The van der Waals surface area contributed by atoms with Crippen molar-refractivity contribution in [1.29, 1.82) is 0 Å². The molecule has 0 aliphatic heterocycles. The van der Waals surface area contributed by atoms with E-state index in [9.17, 15) is 8.42 Å². The predicted octanol–water partition coefficient (Wildman–Crippen LogP) is 2.56. The molecular weight excluding hydrogens is 350 g/mol. The molecule has 0 atom stereocenters. The molecule has 1 aliphatic rings. The second-order valence-electron chi connectivity index (χ2n) is 6.45. The fourth-order valence-electron chi connectivity index (χ4n) is 3.29. The molecule has 134 valence electrons. The fraction of sp³-hybridized carbons (Fsp3) is 0.278. The van der Waals surface area contributed by atoms with Crippen molar-refractivity contribution in [3.8, 4) is 11.4 Å². The molecule has 3 aromatic rings. The lowest BCUT2D eigenvalue weighted by molar-refractivity contribution is 0.600. The van der Waals surface area contributed by atoms with E-state index < -0.39 is 10.0 Å². The summed E-state index contributed by atoms with van der Waals surface area (Å²) in [5.74, 6) is 0.569. The minimum Gasteiger partial charge on any atom is -0.280 e. The van der Waals surface area contributed by atoms with Gasteiger partial charge in [-0.1, -0.05) is 18.2 Å². The van der Waals surface area contributed by atoms with Crippen LogP contribution in [-0.2, 0) is 29.9 Å². The number of aromatic nitrogens is 4. The molecule has 1 heterocycles. The maximum atomic E-state index is 12.8. The van der Waals surface area contributed by atoms with Gasteiger partial charge in [-0.05, 0) is 71.5 Å². The smallest absolute Gasteiger partial charge is 0.261 e. The molecule has 0 amide bonds. The molecule has 0 saturated heterocycles. The maximum absolute atomic E-state index is 12.8. The van der Waals surface area contributed by atoms with E-state index >= 15 is 0 Å². The van der Waals surface area contributed by atoms with Crippen molar-refractivity contribution in [1.82, 2.24) is 20.2 Å².